The molecule has 0 saturated heterocycles. The van der Waals surface area contributed by atoms with Crippen LogP contribution in [-0.4, -0.2) is 46.7 Å². The van der Waals surface area contributed by atoms with Crippen molar-refractivity contribution in [3.63, 3.8) is 0 Å². The molecule has 1 rings (SSSR count). The topological polar surface area (TPSA) is 93.7 Å². The van der Waals surface area contributed by atoms with Crippen molar-refractivity contribution < 1.29 is 22.7 Å². The van der Waals surface area contributed by atoms with Crippen LogP contribution in [0.2, 0.25) is 0 Å². The standard InChI is InChI=1S/C16H26N2O5S/c1-12(2)23-11-5-10-17-16(19)13(3)18-24(20,21)15-8-6-14(22-4)7-9-15/h6-9,12-13,18H,5,10-11H2,1-4H3,(H,17,19)/t13-/m1/s1. The minimum Gasteiger partial charge on any atom is -0.497 e. The average molecular weight is 358 g/mol. The van der Waals surface area contributed by atoms with E-state index in [0.29, 0.717) is 25.3 Å². The average Bonchev–Trinajstić information content (AvgIpc) is 2.53. The van der Waals surface area contributed by atoms with E-state index in [9.17, 15) is 13.2 Å². The van der Waals surface area contributed by atoms with Gasteiger partial charge in [-0.05, 0) is 51.5 Å². The van der Waals surface area contributed by atoms with Crippen LogP contribution in [0.3, 0.4) is 0 Å². The number of rotatable bonds is 10. The molecule has 0 bridgehead atoms. The minimum atomic E-state index is -3.77. The molecule has 0 aliphatic rings. The second kappa shape index (κ2) is 9.61. The third-order valence-electron chi connectivity index (χ3n) is 3.17. The maximum Gasteiger partial charge on any atom is 0.241 e. The van der Waals surface area contributed by atoms with E-state index >= 15 is 0 Å². The van der Waals surface area contributed by atoms with Crippen LogP contribution in [0.15, 0.2) is 29.2 Å². The molecule has 0 aliphatic heterocycles. The van der Waals surface area contributed by atoms with Gasteiger partial charge >= 0.3 is 0 Å². The van der Waals surface area contributed by atoms with E-state index < -0.39 is 16.1 Å². The van der Waals surface area contributed by atoms with E-state index in [-0.39, 0.29) is 16.9 Å². The van der Waals surface area contributed by atoms with Gasteiger partial charge < -0.3 is 14.8 Å². The Kier molecular flexibility index (Phi) is 8.17. The maximum absolute atomic E-state index is 12.2. The molecule has 7 nitrogen and oxygen atoms in total. The van der Waals surface area contributed by atoms with Crippen molar-refractivity contribution in [3.8, 4) is 5.75 Å². The summed E-state index contributed by atoms with van der Waals surface area (Å²) < 4.78 is 37.2. The lowest BCUT2D eigenvalue weighted by Gasteiger charge is -2.15. The summed E-state index contributed by atoms with van der Waals surface area (Å²) in [5, 5.41) is 2.68. The van der Waals surface area contributed by atoms with Gasteiger partial charge in [0, 0.05) is 13.2 Å². The lowest BCUT2D eigenvalue weighted by atomic mass is 10.3. The van der Waals surface area contributed by atoms with E-state index in [1.165, 1.54) is 26.2 Å². The third kappa shape index (κ3) is 6.86. The van der Waals surface area contributed by atoms with Crippen molar-refractivity contribution in [3.05, 3.63) is 24.3 Å². The van der Waals surface area contributed by atoms with Crippen LogP contribution in [0.5, 0.6) is 5.75 Å². The summed E-state index contributed by atoms with van der Waals surface area (Å²) in [4.78, 5) is 12.0. The molecule has 1 amide bonds. The molecule has 0 aliphatic carbocycles. The normalized spacial score (nSPS) is 12.9. The molecule has 0 unspecified atom stereocenters. The van der Waals surface area contributed by atoms with Crippen LogP contribution < -0.4 is 14.8 Å². The van der Waals surface area contributed by atoms with Crippen molar-refractivity contribution in [2.75, 3.05) is 20.3 Å². The molecule has 0 radical (unpaired) electrons. The summed E-state index contributed by atoms with van der Waals surface area (Å²) in [6, 6.07) is 5.08. The zero-order chi connectivity index (χ0) is 18.2. The molecule has 0 saturated carbocycles. The zero-order valence-electron chi connectivity index (χ0n) is 14.5. The number of carbonyl (C=O) groups is 1. The molecular formula is C16H26N2O5S. The van der Waals surface area contributed by atoms with Gasteiger partial charge in [-0.25, -0.2) is 8.42 Å². The number of carbonyl (C=O) groups excluding carboxylic acids is 1. The summed E-state index contributed by atoms with van der Waals surface area (Å²) in [6.07, 6.45) is 0.818. The van der Waals surface area contributed by atoms with Crippen LogP contribution in [0.1, 0.15) is 27.2 Å². The summed E-state index contributed by atoms with van der Waals surface area (Å²) in [5.74, 6) is 0.181. The molecular weight excluding hydrogens is 332 g/mol. The van der Waals surface area contributed by atoms with Crippen LogP contribution in [0, 0.1) is 0 Å². The predicted molar refractivity (Wildman–Crippen MR) is 91.5 cm³/mol. The highest BCUT2D eigenvalue weighted by Crippen LogP contribution is 2.15. The van der Waals surface area contributed by atoms with Gasteiger partial charge in [-0.15, -0.1) is 0 Å². The van der Waals surface area contributed by atoms with Crippen LogP contribution in [-0.2, 0) is 19.6 Å². The van der Waals surface area contributed by atoms with Crippen molar-refractivity contribution in [1.82, 2.24) is 10.0 Å². The highest BCUT2D eigenvalue weighted by molar-refractivity contribution is 7.89. The number of hydrogen-bond acceptors (Lipinski definition) is 5. The summed E-state index contributed by atoms with van der Waals surface area (Å²) in [6.45, 7) is 6.36. The van der Waals surface area contributed by atoms with E-state index in [0.717, 1.165) is 0 Å². The number of benzene rings is 1. The zero-order valence-corrected chi connectivity index (χ0v) is 15.4. The molecule has 1 atom stereocenters. The monoisotopic (exact) mass is 358 g/mol. The van der Waals surface area contributed by atoms with E-state index in [1.54, 1.807) is 12.1 Å². The number of nitrogens with one attached hydrogen (secondary N) is 2. The SMILES string of the molecule is COc1ccc(S(=O)(=O)N[C@H](C)C(=O)NCCCOC(C)C)cc1. The molecule has 136 valence electrons. The van der Waals surface area contributed by atoms with Crippen molar-refractivity contribution in [2.45, 2.75) is 44.2 Å². The van der Waals surface area contributed by atoms with Gasteiger partial charge in [0.25, 0.3) is 0 Å². The van der Waals surface area contributed by atoms with Gasteiger partial charge in [-0.3, -0.25) is 4.79 Å². The molecule has 2 N–H and O–H groups in total. The highest BCUT2D eigenvalue weighted by atomic mass is 32.2. The Bertz CT molecular complexity index is 614. The molecule has 24 heavy (non-hydrogen) atoms. The quantitative estimate of drug-likeness (QED) is 0.615. The first-order valence-electron chi connectivity index (χ1n) is 7.82. The second-order valence-corrected chi connectivity index (χ2v) is 7.30. The van der Waals surface area contributed by atoms with Gasteiger partial charge in [0.15, 0.2) is 0 Å². The first-order valence-corrected chi connectivity index (χ1v) is 9.30. The Morgan fingerprint density at radius 2 is 1.79 bits per heavy atom. The Balaban J connectivity index is 2.49. The summed E-state index contributed by atoms with van der Waals surface area (Å²) in [7, 11) is -2.27. The molecule has 0 heterocycles. The van der Waals surface area contributed by atoms with Gasteiger partial charge in [-0.1, -0.05) is 0 Å². The number of methoxy groups -OCH3 is 1. The number of amides is 1. The third-order valence-corrected chi connectivity index (χ3v) is 4.72. The minimum absolute atomic E-state index is 0.0771. The first kappa shape index (κ1) is 20.4. The van der Waals surface area contributed by atoms with Crippen LogP contribution >= 0.6 is 0 Å². The smallest absolute Gasteiger partial charge is 0.241 e. The molecule has 0 fully saturated rings. The summed E-state index contributed by atoms with van der Waals surface area (Å²) in [5.41, 5.74) is 0. The van der Waals surface area contributed by atoms with E-state index in [1.807, 2.05) is 13.8 Å². The lowest BCUT2D eigenvalue weighted by molar-refractivity contribution is -0.122. The van der Waals surface area contributed by atoms with Crippen LogP contribution in [0.4, 0.5) is 0 Å². The molecule has 1 aromatic carbocycles. The molecule has 0 spiro atoms. The maximum atomic E-state index is 12.2. The van der Waals surface area contributed by atoms with Crippen molar-refractivity contribution in [2.24, 2.45) is 0 Å². The van der Waals surface area contributed by atoms with Gasteiger partial charge in [-0.2, -0.15) is 4.72 Å². The lowest BCUT2D eigenvalue weighted by Crippen LogP contribution is -2.45. The number of sulfonamides is 1. The fourth-order valence-corrected chi connectivity index (χ4v) is 3.07. The fourth-order valence-electron chi connectivity index (χ4n) is 1.87. The Morgan fingerprint density at radius 3 is 2.33 bits per heavy atom. The number of ether oxygens (including phenoxy) is 2. The van der Waals surface area contributed by atoms with E-state index in [4.69, 9.17) is 9.47 Å². The van der Waals surface area contributed by atoms with E-state index in [2.05, 4.69) is 10.0 Å². The van der Waals surface area contributed by atoms with Gasteiger partial charge in [0.1, 0.15) is 5.75 Å². The van der Waals surface area contributed by atoms with Crippen molar-refractivity contribution >= 4 is 15.9 Å². The van der Waals surface area contributed by atoms with Crippen LogP contribution in [0.25, 0.3) is 0 Å². The number of hydrogen-bond donors (Lipinski definition) is 2. The summed E-state index contributed by atoms with van der Waals surface area (Å²) >= 11 is 0. The molecule has 8 heteroatoms. The first-order chi connectivity index (χ1) is 11.3. The Morgan fingerprint density at radius 1 is 1.17 bits per heavy atom. The second-order valence-electron chi connectivity index (χ2n) is 5.58. The van der Waals surface area contributed by atoms with Crippen molar-refractivity contribution in [1.29, 1.82) is 0 Å². The van der Waals surface area contributed by atoms with Gasteiger partial charge in [0.05, 0.1) is 24.2 Å². The largest absolute Gasteiger partial charge is 0.497 e. The molecule has 0 aromatic heterocycles. The predicted octanol–water partition coefficient (Wildman–Crippen LogP) is 1.29. The highest BCUT2D eigenvalue weighted by Gasteiger charge is 2.21. The Labute approximate surface area is 143 Å². The Hall–Kier alpha value is -1.64. The van der Waals surface area contributed by atoms with Gasteiger partial charge in [0.2, 0.25) is 15.9 Å². The molecule has 1 aromatic rings. The fraction of sp³-hybridized carbons (Fsp3) is 0.562.